The summed E-state index contributed by atoms with van der Waals surface area (Å²) < 4.78 is 34.5. The smallest absolute Gasteiger partial charge is 0.462 e. The lowest BCUT2D eigenvalue weighted by molar-refractivity contribution is -0.870. The molecule has 0 fully saturated rings. The Morgan fingerprint density at radius 2 is 0.711 bits per heavy atom. The molecule has 0 aliphatic rings. The normalized spacial score (nSPS) is 14.4. The van der Waals surface area contributed by atoms with Gasteiger partial charge in [0.2, 0.25) is 0 Å². The molecule has 2 unspecified atom stereocenters. The minimum absolute atomic E-state index is 0.0136. The van der Waals surface area contributed by atoms with E-state index in [1.807, 2.05) is 21.1 Å². The number of rotatable bonds is 51. The average Bonchev–Trinajstić information content (AvgIpc) is 3.38. The second kappa shape index (κ2) is 55.4. The minimum Gasteiger partial charge on any atom is -0.462 e. The number of quaternary nitrogens is 1. The number of carbonyl (C=O) groups is 2. The van der Waals surface area contributed by atoms with Crippen LogP contribution in [-0.2, 0) is 32.7 Å². The van der Waals surface area contributed by atoms with Gasteiger partial charge in [-0.3, -0.25) is 18.6 Å². The zero-order valence-corrected chi connectivity index (χ0v) is 49.3. The molecule has 0 heterocycles. The van der Waals surface area contributed by atoms with Crippen molar-refractivity contribution in [3.05, 3.63) is 158 Å². The summed E-state index contributed by atoms with van der Waals surface area (Å²) >= 11 is 0. The molecule has 0 spiro atoms. The highest BCUT2D eigenvalue weighted by molar-refractivity contribution is 7.47. The highest BCUT2D eigenvalue weighted by atomic mass is 31.2. The topological polar surface area (TPSA) is 108 Å². The maximum Gasteiger partial charge on any atom is 0.472 e. The summed E-state index contributed by atoms with van der Waals surface area (Å²) in [6.45, 7) is 4.13. The third kappa shape index (κ3) is 58.9. The Bertz CT molecular complexity index is 1840. The molecular formula is C66H107NO8P+. The van der Waals surface area contributed by atoms with Crippen molar-refractivity contribution in [2.75, 3.05) is 47.5 Å². The van der Waals surface area contributed by atoms with Crippen molar-refractivity contribution in [3.63, 3.8) is 0 Å². The van der Waals surface area contributed by atoms with Crippen molar-refractivity contribution in [1.82, 2.24) is 0 Å². The van der Waals surface area contributed by atoms with E-state index < -0.39 is 32.5 Å². The zero-order valence-electron chi connectivity index (χ0n) is 48.4. The lowest BCUT2D eigenvalue weighted by Gasteiger charge is -2.24. The summed E-state index contributed by atoms with van der Waals surface area (Å²) in [5.41, 5.74) is 0. The van der Waals surface area contributed by atoms with Gasteiger partial charge in [-0.15, -0.1) is 0 Å². The maximum absolute atomic E-state index is 12.8. The summed E-state index contributed by atoms with van der Waals surface area (Å²) in [5.74, 6) is -0.860. The van der Waals surface area contributed by atoms with Gasteiger partial charge in [0.15, 0.2) is 6.10 Å². The highest BCUT2D eigenvalue weighted by Crippen LogP contribution is 2.43. The van der Waals surface area contributed by atoms with Crippen LogP contribution in [0.5, 0.6) is 0 Å². The molecule has 0 bridgehead atoms. The number of ether oxygens (including phenoxy) is 2. The van der Waals surface area contributed by atoms with E-state index in [2.05, 4.69) is 172 Å². The average molecular weight is 1070 g/mol. The third-order valence-corrected chi connectivity index (χ3v) is 12.5. The van der Waals surface area contributed by atoms with Gasteiger partial charge >= 0.3 is 19.8 Å². The number of allylic oxidation sites excluding steroid dienone is 26. The molecule has 0 saturated heterocycles. The van der Waals surface area contributed by atoms with Crippen molar-refractivity contribution in [2.45, 2.75) is 200 Å². The van der Waals surface area contributed by atoms with Crippen LogP contribution in [0, 0.1) is 0 Å². The van der Waals surface area contributed by atoms with Gasteiger partial charge in [-0.1, -0.05) is 217 Å². The van der Waals surface area contributed by atoms with E-state index >= 15 is 0 Å². The molecule has 428 valence electrons. The standard InChI is InChI=1S/C66H106NO8P/c1-6-8-10-12-14-16-18-20-22-24-26-28-29-30-31-32-33-34-35-36-37-39-41-43-45-47-49-51-53-55-57-59-66(69)75-64(63-74-76(70,71)73-61-60-67(3,4)5)62-72-65(68)58-56-54-52-50-48-46-44-42-40-38-27-25-23-21-19-17-15-13-11-9-7-2/h8-11,14-17,20-23,26-28,30-31,33-34,36-38,41,43,47,49,64H,6-7,12-13,18-19,24-25,29,32,35,39-40,42,44-46,48,50-63H2,1-5H3/p+1/b10-8-,11-9-,16-14-,17-15-,22-20-,23-21-,28-26-,31-30-,34-33-,37-36-,38-27-,43-41-,49-47-. The van der Waals surface area contributed by atoms with Crippen molar-refractivity contribution >= 4 is 19.8 Å². The number of hydrogen-bond donors (Lipinski definition) is 1. The van der Waals surface area contributed by atoms with Gasteiger partial charge in [-0.2, -0.15) is 0 Å². The number of hydrogen-bond acceptors (Lipinski definition) is 7. The van der Waals surface area contributed by atoms with Crippen molar-refractivity contribution in [1.29, 1.82) is 0 Å². The quantitative estimate of drug-likeness (QED) is 0.0211. The molecule has 0 radical (unpaired) electrons. The molecule has 0 aliphatic heterocycles. The Morgan fingerprint density at radius 3 is 1.07 bits per heavy atom. The van der Waals surface area contributed by atoms with Crippen LogP contribution >= 0.6 is 7.82 Å². The first-order valence-electron chi connectivity index (χ1n) is 29.2. The van der Waals surface area contributed by atoms with E-state index in [0.717, 1.165) is 128 Å². The lowest BCUT2D eigenvalue weighted by atomic mass is 10.1. The molecule has 0 saturated carbocycles. The highest BCUT2D eigenvalue weighted by Gasteiger charge is 2.27. The fourth-order valence-electron chi connectivity index (χ4n) is 7.11. The molecular weight excluding hydrogens is 966 g/mol. The molecule has 0 aliphatic carbocycles. The van der Waals surface area contributed by atoms with Crippen LogP contribution < -0.4 is 0 Å². The first kappa shape index (κ1) is 71.6. The molecule has 0 rings (SSSR count). The zero-order chi connectivity index (χ0) is 55.6. The first-order chi connectivity index (χ1) is 37.0. The molecule has 76 heavy (non-hydrogen) atoms. The van der Waals surface area contributed by atoms with Gasteiger partial charge < -0.3 is 18.9 Å². The number of nitrogens with zero attached hydrogens (tertiary/aromatic N) is 1. The summed E-state index contributed by atoms with van der Waals surface area (Å²) in [6.07, 6.45) is 83.1. The molecule has 0 aromatic heterocycles. The SMILES string of the molecule is CC/C=C\C/C=C\C/C=C\C/C=C\C/C=C\C/C=C\C/C=C\C/C=C\C/C=C\CCCCCC(=O)OC(COC(=O)CCCCCCCCCC/C=C\C/C=C\C/C=C\C/C=C\CC)COP(=O)(O)OCC[N+](C)(C)C. The predicted molar refractivity (Wildman–Crippen MR) is 325 cm³/mol. The van der Waals surface area contributed by atoms with Gasteiger partial charge in [0.1, 0.15) is 19.8 Å². The molecule has 0 amide bonds. The Hall–Kier alpha value is -4.37. The Labute approximate surface area is 465 Å². The largest absolute Gasteiger partial charge is 0.472 e. The summed E-state index contributed by atoms with van der Waals surface area (Å²) in [4.78, 5) is 35.7. The van der Waals surface area contributed by atoms with E-state index in [4.69, 9.17) is 18.5 Å². The number of unbranched alkanes of at least 4 members (excludes halogenated alkanes) is 11. The van der Waals surface area contributed by atoms with Crippen LogP contribution in [0.1, 0.15) is 194 Å². The number of phosphoric ester groups is 1. The van der Waals surface area contributed by atoms with E-state index in [0.29, 0.717) is 23.9 Å². The Balaban J connectivity index is 4.32. The van der Waals surface area contributed by atoms with E-state index in [9.17, 15) is 19.0 Å². The molecule has 1 N–H and O–H groups in total. The first-order valence-corrected chi connectivity index (χ1v) is 30.7. The van der Waals surface area contributed by atoms with E-state index in [-0.39, 0.29) is 26.1 Å². The number of carbonyl (C=O) groups excluding carboxylic acids is 2. The number of esters is 2. The van der Waals surface area contributed by atoms with Crippen LogP contribution in [0.4, 0.5) is 0 Å². The molecule has 0 aromatic carbocycles. The minimum atomic E-state index is -4.41. The van der Waals surface area contributed by atoms with Gasteiger partial charge in [0, 0.05) is 12.8 Å². The van der Waals surface area contributed by atoms with E-state index in [1.165, 1.54) is 25.7 Å². The van der Waals surface area contributed by atoms with Crippen LogP contribution in [0.2, 0.25) is 0 Å². The summed E-state index contributed by atoms with van der Waals surface area (Å²) in [7, 11) is 1.42. The van der Waals surface area contributed by atoms with Crippen LogP contribution in [0.15, 0.2) is 158 Å². The van der Waals surface area contributed by atoms with Crippen LogP contribution in [0.25, 0.3) is 0 Å². The maximum atomic E-state index is 12.8. The van der Waals surface area contributed by atoms with Crippen molar-refractivity contribution in [2.24, 2.45) is 0 Å². The lowest BCUT2D eigenvalue weighted by Crippen LogP contribution is -2.37. The predicted octanol–water partition coefficient (Wildman–Crippen LogP) is 18.5. The van der Waals surface area contributed by atoms with Crippen molar-refractivity contribution in [3.8, 4) is 0 Å². The Kier molecular flexibility index (Phi) is 52.2. The molecule has 9 nitrogen and oxygen atoms in total. The van der Waals surface area contributed by atoms with Crippen LogP contribution in [-0.4, -0.2) is 74.9 Å². The number of phosphoric acid groups is 1. The monoisotopic (exact) mass is 1070 g/mol. The van der Waals surface area contributed by atoms with Gasteiger partial charge in [0.05, 0.1) is 27.7 Å². The molecule has 2 atom stereocenters. The summed E-state index contributed by atoms with van der Waals surface area (Å²) in [6, 6.07) is 0. The summed E-state index contributed by atoms with van der Waals surface area (Å²) in [5, 5.41) is 0. The third-order valence-electron chi connectivity index (χ3n) is 11.6. The Morgan fingerprint density at radius 1 is 0.408 bits per heavy atom. The van der Waals surface area contributed by atoms with Crippen molar-refractivity contribution < 1.29 is 42.1 Å². The molecule has 10 heteroatoms. The van der Waals surface area contributed by atoms with E-state index in [1.54, 1.807) is 0 Å². The van der Waals surface area contributed by atoms with Gasteiger partial charge in [-0.05, 0) is 122 Å². The second-order valence-corrected chi connectivity index (χ2v) is 21.4. The number of likely N-dealkylation sites (N-methyl/N-ethyl adjacent to an activating group) is 1. The van der Waals surface area contributed by atoms with Crippen LogP contribution in [0.3, 0.4) is 0 Å². The second-order valence-electron chi connectivity index (χ2n) is 19.9. The van der Waals surface area contributed by atoms with Gasteiger partial charge in [-0.25, -0.2) is 4.57 Å². The molecule has 0 aromatic rings. The fraction of sp³-hybridized carbons (Fsp3) is 0.576. The van der Waals surface area contributed by atoms with Gasteiger partial charge in [0.25, 0.3) is 0 Å². The fourth-order valence-corrected chi connectivity index (χ4v) is 7.86.